The summed E-state index contributed by atoms with van der Waals surface area (Å²) in [5.74, 6) is -7.24. The Morgan fingerprint density at radius 1 is 1.00 bits per heavy atom. The van der Waals surface area contributed by atoms with Crippen LogP contribution >= 0.6 is 0 Å². The van der Waals surface area contributed by atoms with Crippen molar-refractivity contribution in [1.29, 1.82) is 0 Å². The maximum Gasteiger partial charge on any atom is 0.359 e. The molecule has 0 fully saturated rings. The lowest BCUT2D eigenvalue weighted by Crippen LogP contribution is -2.35. The number of anilines is 1. The smallest absolute Gasteiger partial charge is 0.359 e. The topological polar surface area (TPSA) is 113 Å². The van der Waals surface area contributed by atoms with Gasteiger partial charge in [0.05, 0.1) is 17.7 Å². The molecular weight excluding hydrogens is 393 g/mol. The number of benzene rings is 2. The Hall–Kier alpha value is -3.89. The monoisotopic (exact) mass is 406 g/mol. The van der Waals surface area contributed by atoms with E-state index in [1.165, 1.54) is 0 Å². The average molecular weight is 406 g/mol. The molecule has 3 aromatic rings. The fourth-order valence-corrected chi connectivity index (χ4v) is 2.37. The molecule has 29 heavy (non-hydrogen) atoms. The number of H-pyrrole nitrogens is 1. The Kier molecular flexibility index (Phi) is 5.77. The van der Waals surface area contributed by atoms with E-state index in [9.17, 15) is 27.6 Å². The number of aromatic nitrogens is 2. The first kappa shape index (κ1) is 19.9. The predicted molar refractivity (Wildman–Crippen MR) is 94.3 cm³/mol. The fraction of sp³-hybridized carbons (Fsp3) is 0.111. The SMILES string of the molecule is O=C(COC(=O)c1n[nH]c2ccccc12)NCC(=O)Nc1ccc(F)c(F)c1F. The highest BCUT2D eigenvalue weighted by Gasteiger charge is 2.18. The molecule has 1 aromatic heterocycles. The van der Waals surface area contributed by atoms with Crippen molar-refractivity contribution in [2.75, 3.05) is 18.5 Å². The molecule has 3 rings (SSSR count). The number of carbonyl (C=O) groups is 3. The van der Waals surface area contributed by atoms with E-state index in [1.54, 1.807) is 24.3 Å². The number of esters is 1. The van der Waals surface area contributed by atoms with E-state index in [4.69, 9.17) is 4.74 Å². The van der Waals surface area contributed by atoms with Crippen molar-refractivity contribution >= 4 is 34.4 Å². The number of nitrogens with zero attached hydrogens (tertiary/aromatic N) is 1. The van der Waals surface area contributed by atoms with Crippen LogP contribution in [0, 0.1) is 17.5 Å². The minimum Gasteiger partial charge on any atom is -0.451 e. The largest absolute Gasteiger partial charge is 0.451 e. The summed E-state index contributed by atoms with van der Waals surface area (Å²) in [7, 11) is 0. The van der Waals surface area contributed by atoms with Gasteiger partial charge in [0.15, 0.2) is 29.8 Å². The van der Waals surface area contributed by atoms with Crippen LogP contribution in [-0.2, 0) is 14.3 Å². The second kappa shape index (κ2) is 8.42. The van der Waals surface area contributed by atoms with Crippen molar-refractivity contribution in [3.05, 3.63) is 59.5 Å². The number of amides is 2. The van der Waals surface area contributed by atoms with Gasteiger partial charge in [-0.2, -0.15) is 5.10 Å². The Bertz CT molecular complexity index is 1100. The van der Waals surface area contributed by atoms with Gasteiger partial charge >= 0.3 is 5.97 Å². The molecule has 0 aliphatic rings. The number of hydrogen-bond acceptors (Lipinski definition) is 5. The Labute approximate surface area is 161 Å². The van der Waals surface area contributed by atoms with Gasteiger partial charge in [-0.25, -0.2) is 18.0 Å². The number of rotatable bonds is 6. The molecule has 11 heteroatoms. The zero-order valence-electron chi connectivity index (χ0n) is 14.6. The summed E-state index contributed by atoms with van der Waals surface area (Å²) in [5, 5.41) is 11.1. The molecule has 0 bridgehead atoms. The van der Waals surface area contributed by atoms with Gasteiger partial charge in [0.1, 0.15) is 0 Å². The van der Waals surface area contributed by atoms with Crippen LogP contribution < -0.4 is 10.6 Å². The van der Waals surface area contributed by atoms with Crippen molar-refractivity contribution in [3.8, 4) is 0 Å². The van der Waals surface area contributed by atoms with Crippen molar-refractivity contribution in [2.24, 2.45) is 0 Å². The molecule has 0 aliphatic carbocycles. The Morgan fingerprint density at radius 3 is 2.55 bits per heavy atom. The van der Waals surface area contributed by atoms with Crippen LogP contribution in [0.1, 0.15) is 10.5 Å². The van der Waals surface area contributed by atoms with Crippen LogP contribution in [0.15, 0.2) is 36.4 Å². The summed E-state index contributed by atoms with van der Waals surface area (Å²) in [6.07, 6.45) is 0. The summed E-state index contributed by atoms with van der Waals surface area (Å²) >= 11 is 0. The Morgan fingerprint density at radius 2 is 1.76 bits per heavy atom. The molecule has 0 saturated heterocycles. The van der Waals surface area contributed by atoms with Gasteiger partial charge in [-0.3, -0.25) is 14.7 Å². The average Bonchev–Trinajstić information content (AvgIpc) is 3.15. The van der Waals surface area contributed by atoms with Gasteiger partial charge in [0, 0.05) is 5.39 Å². The number of halogens is 3. The van der Waals surface area contributed by atoms with E-state index >= 15 is 0 Å². The molecule has 0 atom stereocenters. The van der Waals surface area contributed by atoms with Crippen LogP contribution in [0.3, 0.4) is 0 Å². The first-order chi connectivity index (χ1) is 13.9. The second-order valence-corrected chi connectivity index (χ2v) is 5.74. The minimum absolute atomic E-state index is 0.0000419. The van der Waals surface area contributed by atoms with Crippen molar-refractivity contribution < 1.29 is 32.3 Å². The molecule has 0 unspecified atom stereocenters. The van der Waals surface area contributed by atoms with Gasteiger partial charge in [0.25, 0.3) is 5.91 Å². The molecule has 2 amide bonds. The maximum absolute atomic E-state index is 13.5. The van der Waals surface area contributed by atoms with E-state index in [1.807, 2.05) is 5.32 Å². The lowest BCUT2D eigenvalue weighted by molar-refractivity contribution is -0.126. The predicted octanol–water partition coefficient (Wildman–Crippen LogP) is 1.89. The zero-order chi connectivity index (χ0) is 21.0. The summed E-state index contributed by atoms with van der Waals surface area (Å²) in [5.41, 5.74) is 0.0324. The maximum atomic E-state index is 13.5. The van der Waals surface area contributed by atoms with Crippen LogP contribution in [0.5, 0.6) is 0 Å². The second-order valence-electron chi connectivity index (χ2n) is 5.74. The van der Waals surface area contributed by atoms with E-state index in [0.717, 1.165) is 6.07 Å². The van der Waals surface area contributed by atoms with E-state index in [2.05, 4.69) is 15.5 Å². The number of hydrogen-bond donors (Lipinski definition) is 3. The highest BCUT2D eigenvalue weighted by Crippen LogP contribution is 2.19. The summed E-state index contributed by atoms with van der Waals surface area (Å²) in [6, 6.07) is 8.29. The molecule has 1 heterocycles. The Balaban J connectivity index is 1.48. The van der Waals surface area contributed by atoms with Crippen LogP contribution in [0.25, 0.3) is 10.9 Å². The van der Waals surface area contributed by atoms with Crippen LogP contribution in [-0.4, -0.2) is 41.1 Å². The molecular formula is C18H13F3N4O4. The highest BCUT2D eigenvalue weighted by atomic mass is 19.2. The number of ether oxygens (including phenoxy) is 1. The third kappa shape index (κ3) is 4.51. The van der Waals surface area contributed by atoms with Gasteiger partial charge < -0.3 is 15.4 Å². The van der Waals surface area contributed by atoms with Crippen LogP contribution in [0.4, 0.5) is 18.9 Å². The van der Waals surface area contributed by atoms with Crippen molar-refractivity contribution in [2.45, 2.75) is 0 Å². The number of nitrogens with one attached hydrogen (secondary N) is 3. The van der Waals surface area contributed by atoms with Crippen molar-refractivity contribution in [3.63, 3.8) is 0 Å². The molecule has 150 valence electrons. The molecule has 2 aromatic carbocycles. The normalized spacial score (nSPS) is 10.6. The molecule has 0 radical (unpaired) electrons. The zero-order valence-corrected chi connectivity index (χ0v) is 14.6. The highest BCUT2D eigenvalue weighted by molar-refractivity contribution is 6.02. The molecule has 0 spiro atoms. The first-order valence-corrected chi connectivity index (χ1v) is 8.17. The summed E-state index contributed by atoms with van der Waals surface area (Å²) in [6.45, 7) is -1.30. The van der Waals surface area contributed by atoms with Gasteiger partial charge in [0.2, 0.25) is 5.91 Å². The molecule has 3 N–H and O–H groups in total. The quantitative estimate of drug-likeness (QED) is 0.427. The van der Waals surface area contributed by atoms with E-state index in [-0.39, 0.29) is 5.69 Å². The summed E-state index contributed by atoms with van der Waals surface area (Å²) < 4.78 is 44.3. The van der Waals surface area contributed by atoms with E-state index in [0.29, 0.717) is 17.0 Å². The third-order valence-corrected chi connectivity index (χ3v) is 3.75. The molecule has 0 saturated carbocycles. The number of fused-ring (bicyclic) bond motifs is 1. The number of carbonyl (C=O) groups excluding carboxylic acids is 3. The van der Waals surface area contributed by atoms with Gasteiger partial charge in [-0.05, 0) is 18.2 Å². The lowest BCUT2D eigenvalue weighted by atomic mass is 10.2. The first-order valence-electron chi connectivity index (χ1n) is 8.17. The van der Waals surface area contributed by atoms with Gasteiger partial charge in [-0.15, -0.1) is 0 Å². The lowest BCUT2D eigenvalue weighted by Gasteiger charge is -2.08. The minimum atomic E-state index is -1.73. The molecule has 8 nitrogen and oxygen atoms in total. The van der Waals surface area contributed by atoms with Crippen molar-refractivity contribution in [1.82, 2.24) is 15.5 Å². The van der Waals surface area contributed by atoms with Gasteiger partial charge in [-0.1, -0.05) is 18.2 Å². The fourth-order valence-electron chi connectivity index (χ4n) is 2.37. The standard InChI is InChI=1S/C18H13F3N4O4/c19-10-5-6-12(16(21)15(10)20)23-13(26)7-22-14(27)8-29-18(28)17-9-3-1-2-4-11(9)24-25-17/h1-6H,7-8H2,(H,22,27)(H,23,26)(H,24,25). The number of para-hydroxylation sites is 1. The third-order valence-electron chi connectivity index (χ3n) is 3.75. The number of aromatic amines is 1. The van der Waals surface area contributed by atoms with Crippen LogP contribution in [0.2, 0.25) is 0 Å². The molecule has 0 aliphatic heterocycles. The summed E-state index contributed by atoms with van der Waals surface area (Å²) in [4.78, 5) is 35.5. The van der Waals surface area contributed by atoms with E-state index < -0.39 is 54.1 Å².